The van der Waals surface area contributed by atoms with Gasteiger partial charge in [0.05, 0.1) is 5.69 Å². The van der Waals surface area contributed by atoms with Gasteiger partial charge in [-0.1, -0.05) is 0 Å². The molecule has 0 aliphatic rings. The summed E-state index contributed by atoms with van der Waals surface area (Å²) in [4.78, 5) is 12.3. The summed E-state index contributed by atoms with van der Waals surface area (Å²) < 4.78 is 54.4. The summed E-state index contributed by atoms with van der Waals surface area (Å²) in [5.41, 5.74) is -0.111. The average molecular weight is 503 g/mol. The Bertz CT molecular complexity index is 960. The zero-order chi connectivity index (χ0) is 20.1. The normalized spacial score (nSPS) is 10.8. The van der Waals surface area contributed by atoms with Crippen LogP contribution in [0.15, 0.2) is 59.0 Å². The van der Waals surface area contributed by atoms with Crippen LogP contribution in [0.2, 0.25) is 0 Å². The molecular formula is C19H13F3INO4. The lowest BCUT2D eigenvalue weighted by Gasteiger charge is -2.11. The fourth-order valence-electron chi connectivity index (χ4n) is 2.24. The molecule has 146 valence electrons. The third kappa shape index (κ3) is 5.41. The second kappa shape index (κ2) is 9.00. The highest BCUT2D eigenvalue weighted by molar-refractivity contribution is 14.1. The number of alkyl halides is 2. The number of carbonyl (C=O) groups is 1. The van der Waals surface area contributed by atoms with Gasteiger partial charge in [-0.05, 0) is 71.1 Å². The molecule has 2 aromatic carbocycles. The van der Waals surface area contributed by atoms with Crippen LogP contribution in [0.3, 0.4) is 0 Å². The Morgan fingerprint density at radius 2 is 1.86 bits per heavy atom. The van der Waals surface area contributed by atoms with Crippen LogP contribution in [0.1, 0.15) is 16.3 Å². The van der Waals surface area contributed by atoms with Gasteiger partial charge in [-0.15, -0.1) is 0 Å². The molecule has 3 aromatic rings. The highest BCUT2D eigenvalue weighted by atomic mass is 127. The Hall–Kier alpha value is -2.69. The fourth-order valence-corrected chi connectivity index (χ4v) is 2.60. The summed E-state index contributed by atoms with van der Waals surface area (Å²) in [6.45, 7) is -3.06. The second-order valence-electron chi connectivity index (χ2n) is 5.48. The largest absolute Gasteiger partial charge is 0.486 e. The van der Waals surface area contributed by atoms with Gasteiger partial charge in [0.15, 0.2) is 11.5 Å². The number of rotatable bonds is 7. The van der Waals surface area contributed by atoms with E-state index >= 15 is 0 Å². The van der Waals surface area contributed by atoms with Gasteiger partial charge in [-0.3, -0.25) is 4.79 Å². The number of amides is 1. The Morgan fingerprint density at radius 3 is 2.57 bits per heavy atom. The molecule has 0 unspecified atom stereocenters. The smallest absolute Gasteiger partial charge is 0.387 e. The summed E-state index contributed by atoms with van der Waals surface area (Å²) in [6, 6.07) is 13.2. The number of hydrogen-bond donors (Lipinski definition) is 1. The van der Waals surface area contributed by atoms with E-state index in [0.29, 0.717) is 11.5 Å². The maximum Gasteiger partial charge on any atom is 0.387 e. The van der Waals surface area contributed by atoms with E-state index in [-0.39, 0.29) is 18.1 Å². The van der Waals surface area contributed by atoms with E-state index in [1.165, 1.54) is 6.07 Å². The molecule has 3 rings (SSSR count). The zero-order valence-electron chi connectivity index (χ0n) is 14.1. The summed E-state index contributed by atoms with van der Waals surface area (Å²) in [5, 5.41) is 2.35. The molecule has 0 aliphatic heterocycles. The molecule has 1 aromatic heterocycles. The highest BCUT2D eigenvalue weighted by Crippen LogP contribution is 2.28. The molecule has 0 fully saturated rings. The van der Waals surface area contributed by atoms with Gasteiger partial charge in [0.25, 0.3) is 5.91 Å². The van der Waals surface area contributed by atoms with Crippen LogP contribution < -0.4 is 14.8 Å². The summed E-state index contributed by atoms with van der Waals surface area (Å²) in [7, 11) is 0. The first kappa shape index (κ1) is 20.1. The van der Waals surface area contributed by atoms with E-state index in [1.54, 1.807) is 18.2 Å². The minimum Gasteiger partial charge on any atom is -0.486 e. The summed E-state index contributed by atoms with van der Waals surface area (Å²) in [5.74, 6) is -0.992. The molecule has 0 saturated heterocycles. The van der Waals surface area contributed by atoms with E-state index in [0.717, 1.165) is 21.8 Å². The SMILES string of the molecule is O=C(Nc1ccc(F)cc1OC(F)F)c1ccc(COc2ccc(I)cc2)o1. The van der Waals surface area contributed by atoms with Crippen molar-refractivity contribution < 1.29 is 31.9 Å². The number of anilines is 1. The van der Waals surface area contributed by atoms with E-state index in [1.807, 2.05) is 12.1 Å². The van der Waals surface area contributed by atoms with Crippen LogP contribution in [0, 0.1) is 9.39 Å². The predicted molar refractivity (Wildman–Crippen MR) is 103 cm³/mol. The topological polar surface area (TPSA) is 60.7 Å². The van der Waals surface area contributed by atoms with E-state index < -0.39 is 24.1 Å². The molecule has 1 heterocycles. The van der Waals surface area contributed by atoms with Crippen LogP contribution in [0.4, 0.5) is 18.9 Å². The minimum absolute atomic E-state index is 0.0615. The van der Waals surface area contributed by atoms with Crippen LogP contribution in [0.25, 0.3) is 0 Å². The Balaban J connectivity index is 1.65. The van der Waals surface area contributed by atoms with Gasteiger partial charge in [0.2, 0.25) is 0 Å². The number of carbonyl (C=O) groups excluding carboxylic acids is 1. The minimum atomic E-state index is -3.16. The number of ether oxygens (including phenoxy) is 2. The molecule has 5 nitrogen and oxygen atoms in total. The average Bonchev–Trinajstić information content (AvgIpc) is 3.12. The van der Waals surface area contributed by atoms with Crippen molar-refractivity contribution >= 4 is 34.2 Å². The van der Waals surface area contributed by atoms with Gasteiger partial charge in [-0.2, -0.15) is 8.78 Å². The third-order valence-corrected chi connectivity index (χ3v) is 4.21. The third-order valence-electron chi connectivity index (χ3n) is 3.49. The molecule has 0 aliphatic carbocycles. The number of benzene rings is 2. The zero-order valence-corrected chi connectivity index (χ0v) is 16.3. The summed E-state index contributed by atoms with van der Waals surface area (Å²) in [6.07, 6.45) is 0. The van der Waals surface area contributed by atoms with Gasteiger partial charge < -0.3 is 19.2 Å². The van der Waals surface area contributed by atoms with Crippen molar-refractivity contribution in [3.63, 3.8) is 0 Å². The van der Waals surface area contributed by atoms with Crippen LogP contribution in [0.5, 0.6) is 11.5 Å². The molecule has 1 N–H and O–H groups in total. The fraction of sp³-hybridized carbons (Fsp3) is 0.105. The molecule has 1 amide bonds. The maximum atomic E-state index is 13.2. The molecule has 0 spiro atoms. The first-order valence-electron chi connectivity index (χ1n) is 7.93. The van der Waals surface area contributed by atoms with E-state index in [2.05, 4.69) is 32.6 Å². The molecular weight excluding hydrogens is 490 g/mol. The van der Waals surface area contributed by atoms with Crippen molar-refractivity contribution in [2.24, 2.45) is 0 Å². The maximum absolute atomic E-state index is 13.2. The van der Waals surface area contributed by atoms with Crippen LogP contribution in [-0.4, -0.2) is 12.5 Å². The van der Waals surface area contributed by atoms with Crippen molar-refractivity contribution in [1.29, 1.82) is 0 Å². The quantitative estimate of drug-likeness (QED) is 0.436. The lowest BCUT2D eigenvalue weighted by molar-refractivity contribution is -0.0495. The van der Waals surface area contributed by atoms with Crippen molar-refractivity contribution in [2.75, 3.05) is 5.32 Å². The first-order chi connectivity index (χ1) is 13.4. The van der Waals surface area contributed by atoms with Gasteiger partial charge in [-0.25, -0.2) is 4.39 Å². The van der Waals surface area contributed by atoms with Crippen molar-refractivity contribution in [1.82, 2.24) is 0 Å². The standard InChI is InChI=1S/C19H13F3INO4/c20-11-1-7-15(17(9-11)28-19(21)22)24-18(25)16-8-6-14(27-16)10-26-13-4-2-12(23)3-5-13/h1-9,19H,10H2,(H,24,25). The number of halogens is 4. The monoisotopic (exact) mass is 503 g/mol. The van der Waals surface area contributed by atoms with E-state index in [9.17, 15) is 18.0 Å². The predicted octanol–water partition coefficient (Wildman–Crippen LogP) is 5.46. The van der Waals surface area contributed by atoms with E-state index in [4.69, 9.17) is 9.15 Å². The summed E-state index contributed by atoms with van der Waals surface area (Å²) >= 11 is 2.18. The Morgan fingerprint density at radius 1 is 1.11 bits per heavy atom. The number of nitrogens with one attached hydrogen (secondary N) is 1. The lowest BCUT2D eigenvalue weighted by Crippen LogP contribution is -2.13. The van der Waals surface area contributed by atoms with Crippen LogP contribution in [-0.2, 0) is 6.61 Å². The van der Waals surface area contributed by atoms with Gasteiger partial charge in [0.1, 0.15) is 23.9 Å². The number of hydrogen-bond acceptors (Lipinski definition) is 4. The Labute approximate surface area is 171 Å². The molecule has 0 bridgehead atoms. The molecule has 0 atom stereocenters. The van der Waals surface area contributed by atoms with Crippen molar-refractivity contribution in [3.8, 4) is 11.5 Å². The lowest BCUT2D eigenvalue weighted by atomic mass is 10.2. The molecule has 28 heavy (non-hydrogen) atoms. The van der Waals surface area contributed by atoms with Gasteiger partial charge >= 0.3 is 6.61 Å². The molecule has 9 heteroatoms. The van der Waals surface area contributed by atoms with Gasteiger partial charge in [0, 0.05) is 9.64 Å². The van der Waals surface area contributed by atoms with Crippen molar-refractivity contribution in [2.45, 2.75) is 13.2 Å². The molecule has 0 saturated carbocycles. The first-order valence-corrected chi connectivity index (χ1v) is 9.01. The Kier molecular flexibility index (Phi) is 6.45. The molecule has 0 radical (unpaired) electrons. The van der Waals surface area contributed by atoms with Crippen LogP contribution >= 0.6 is 22.6 Å². The number of furan rings is 1. The second-order valence-corrected chi connectivity index (χ2v) is 6.73. The van der Waals surface area contributed by atoms with Crippen molar-refractivity contribution in [3.05, 3.63) is 75.5 Å². The highest BCUT2D eigenvalue weighted by Gasteiger charge is 2.17.